The van der Waals surface area contributed by atoms with Crippen molar-refractivity contribution in [2.75, 3.05) is 26.7 Å². The number of fused-ring (bicyclic) bond motifs is 1. The lowest BCUT2D eigenvalue weighted by atomic mass is 9.69. The van der Waals surface area contributed by atoms with Crippen molar-refractivity contribution in [2.45, 2.75) is 70.2 Å². The topological polar surface area (TPSA) is 91.0 Å². The quantitative estimate of drug-likeness (QED) is 0.345. The van der Waals surface area contributed by atoms with Gasteiger partial charge in [-0.1, -0.05) is 20.8 Å². The van der Waals surface area contributed by atoms with Crippen molar-refractivity contribution in [1.29, 1.82) is 0 Å². The summed E-state index contributed by atoms with van der Waals surface area (Å²) >= 11 is 0. The van der Waals surface area contributed by atoms with Crippen molar-refractivity contribution in [3.63, 3.8) is 0 Å². The second-order valence-electron chi connectivity index (χ2n) is 12.9. The zero-order valence-corrected chi connectivity index (χ0v) is 24.7. The van der Waals surface area contributed by atoms with E-state index in [-0.39, 0.29) is 22.7 Å². The van der Waals surface area contributed by atoms with Crippen molar-refractivity contribution in [3.05, 3.63) is 53.6 Å². The van der Waals surface area contributed by atoms with Gasteiger partial charge in [0.1, 0.15) is 11.5 Å². The van der Waals surface area contributed by atoms with Crippen molar-refractivity contribution in [2.24, 2.45) is 5.92 Å². The van der Waals surface area contributed by atoms with Crippen LogP contribution in [-0.4, -0.2) is 85.7 Å². The molecule has 0 bridgehead atoms. The SMILES string of the molecule is CC(C)(C)c1cc(-c2ccc(F)cc2)nn2cc(C=O)nc12.CN1CCN(C(=O)C2CC(O)(C(F)(F)F)C2)CC1(C)C. The number of alkyl halides is 3. The Morgan fingerprint density at radius 3 is 2.24 bits per heavy atom. The summed E-state index contributed by atoms with van der Waals surface area (Å²) in [5, 5.41) is 13.9. The maximum Gasteiger partial charge on any atom is 0.417 e. The molecule has 5 rings (SSSR count). The van der Waals surface area contributed by atoms with Gasteiger partial charge in [0.25, 0.3) is 0 Å². The van der Waals surface area contributed by atoms with E-state index in [1.165, 1.54) is 12.1 Å². The molecule has 1 N–H and O–H groups in total. The van der Waals surface area contributed by atoms with E-state index in [4.69, 9.17) is 0 Å². The van der Waals surface area contributed by atoms with Crippen LogP contribution in [-0.2, 0) is 10.2 Å². The Balaban J connectivity index is 0.000000194. The van der Waals surface area contributed by atoms with Crippen LogP contribution in [0.15, 0.2) is 36.5 Å². The Hall–Kier alpha value is -3.38. The highest BCUT2D eigenvalue weighted by Gasteiger charge is 2.63. The molecule has 12 heteroatoms. The van der Waals surface area contributed by atoms with Crippen LogP contribution in [0.4, 0.5) is 17.6 Å². The van der Waals surface area contributed by atoms with E-state index in [0.29, 0.717) is 43.0 Å². The predicted molar refractivity (Wildman–Crippen MR) is 149 cm³/mol. The number of benzene rings is 1. The lowest BCUT2D eigenvalue weighted by molar-refractivity contribution is -0.297. The minimum absolute atomic E-state index is 0.162. The third-order valence-corrected chi connectivity index (χ3v) is 8.19. The van der Waals surface area contributed by atoms with Crippen LogP contribution in [0.3, 0.4) is 0 Å². The number of rotatable bonds is 3. The molecule has 1 saturated carbocycles. The second-order valence-corrected chi connectivity index (χ2v) is 12.9. The number of carbonyl (C=O) groups is 2. The summed E-state index contributed by atoms with van der Waals surface area (Å²) in [6.45, 7) is 12.0. The Morgan fingerprint density at radius 1 is 1.10 bits per heavy atom. The van der Waals surface area contributed by atoms with Crippen LogP contribution in [0.1, 0.15) is 63.5 Å². The molecule has 1 aliphatic heterocycles. The molecule has 228 valence electrons. The predicted octanol–water partition coefficient (Wildman–Crippen LogP) is 4.89. The van der Waals surface area contributed by atoms with E-state index in [1.807, 2.05) is 27.0 Å². The minimum atomic E-state index is -4.65. The van der Waals surface area contributed by atoms with Crippen molar-refractivity contribution in [1.82, 2.24) is 24.4 Å². The molecule has 1 aromatic carbocycles. The molecule has 8 nitrogen and oxygen atoms in total. The third kappa shape index (κ3) is 6.34. The smallest absolute Gasteiger partial charge is 0.380 e. The van der Waals surface area contributed by atoms with E-state index >= 15 is 0 Å². The van der Waals surface area contributed by atoms with Gasteiger partial charge in [0.2, 0.25) is 5.91 Å². The summed E-state index contributed by atoms with van der Waals surface area (Å²) in [4.78, 5) is 31.3. The van der Waals surface area contributed by atoms with E-state index in [9.17, 15) is 32.3 Å². The van der Waals surface area contributed by atoms with Crippen LogP contribution in [0.2, 0.25) is 0 Å². The van der Waals surface area contributed by atoms with Gasteiger partial charge in [0.15, 0.2) is 17.5 Å². The first-order valence-corrected chi connectivity index (χ1v) is 13.8. The fourth-order valence-corrected chi connectivity index (χ4v) is 5.21. The molecule has 1 saturated heterocycles. The molecule has 0 unspecified atom stereocenters. The maximum absolute atomic E-state index is 13.1. The number of amides is 1. The van der Waals surface area contributed by atoms with Crippen LogP contribution in [0.5, 0.6) is 0 Å². The molecule has 2 aliphatic rings. The van der Waals surface area contributed by atoms with Crippen LogP contribution < -0.4 is 0 Å². The van der Waals surface area contributed by atoms with Gasteiger partial charge < -0.3 is 10.0 Å². The van der Waals surface area contributed by atoms with Crippen LogP contribution >= 0.6 is 0 Å². The number of carbonyl (C=O) groups excluding carboxylic acids is 2. The molecule has 1 aliphatic carbocycles. The Labute approximate surface area is 242 Å². The highest BCUT2D eigenvalue weighted by molar-refractivity contribution is 5.80. The maximum atomic E-state index is 13.1. The third-order valence-electron chi connectivity index (χ3n) is 8.19. The number of imidazole rings is 1. The number of aldehydes is 1. The first-order valence-electron chi connectivity index (χ1n) is 13.8. The van der Waals surface area contributed by atoms with E-state index < -0.39 is 30.5 Å². The number of likely N-dealkylation sites (N-methyl/N-ethyl adjacent to an activating group) is 1. The summed E-state index contributed by atoms with van der Waals surface area (Å²) < 4.78 is 52.4. The number of hydrogen-bond acceptors (Lipinski definition) is 6. The highest BCUT2D eigenvalue weighted by Crippen LogP contribution is 2.49. The molecule has 42 heavy (non-hydrogen) atoms. The fourth-order valence-electron chi connectivity index (χ4n) is 5.21. The van der Waals surface area contributed by atoms with Gasteiger partial charge in [-0.3, -0.25) is 14.5 Å². The Bertz CT molecular complexity index is 1450. The molecule has 1 amide bonds. The largest absolute Gasteiger partial charge is 0.417 e. The molecule has 3 heterocycles. The van der Waals surface area contributed by atoms with Crippen molar-refractivity contribution < 1.29 is 32.3 Å². The number of halogens is 4. The monoisotopic (exact) mass is 591 g/mol. The molecule has 0 spiro atoms. The average Bonchev–Trinajstić information content (AvgIpc) is 3.30. The van der Waals surface area contributed by atoms with E-state index in [1.54, 1.807) is 27.7 Å². The zero-order chi connectivity index (χ0) is 31.3. The van der Waals surface area contributed by atoms with Gasteiger partial charge in [0.05, 0.1) is 11.9 Å². The summed E-state index contributed by atoms with van der Waals surface area (Å²) in [7, 11) is 1.97. The summed E-state index contributed by atoms with van der Waals surface area (Å²) in [5.41, 5.74) is 0.504. The first kappa shape index (κ1) is 31.6. The minimum Gasteiger partial charge on any atom is -0.380 e. The molecular weight excluding hydrogens is 554 g/mol. The molecule has 2 aromatic heterocycles. The second kappa shape index (κ2) is 11.0. The van der Waals surface area contributed by atoms with Crippen molar-refractivity contribution in [3.8, 4) is 11.3 Å². The van der Waals surface area contributed by atoms with Gasteiger partial charge in [-0.2, -0.15) is 18.3 Å². The van der Waals surface area contributed by atoms with Gasteiger partial charge >= 0.3 is 6.18 Å². The molecule has 2 fully saturated rings. The lowest BCUT2D eigenvalue weighted by Crippen LogP contribution is -2.63. The Morgan fingerprint density at radius 2 is 1.71 bits per heavy atom. The van der Waals surface area contributed by atoms with Crippen LogP contribution in [0, 0.1) is 11.7 Å². The van der Waals surface area contributed by atoms with Crippen molar-refractivity contribution >= 4 is 17.8 Å². The highest BCUT2D eigenvalue weighted by atomic mass is 19.4. The first-order chi connectivity index (χ1) is 19.3. The summed E-state index contributed by atoms with van der Waals surface area (Å²) in [6.07, 6.45) is -3.36. The fraction of sp³-hybridized carbons (Fsp3) is 0.533. The summed E-state index contributed by atoms with van der Waals surface area (Å²) in [6, 6.07) is 8.14. The van der Waals surface area contributed by atoms with Gasteiger partial charge in [0, 0.05) is 42.2 Å². The van der Waals surface area contributed by atoms with Crippen LogP contribution in [0.25, 0.3) is 16.9 Å². The molecular formula is C30H37F4N5O3. The van der Waals surface area contributed by atoms with Gasteiger partial charge in [-0.05, 0) is 69.5 Å². The number of aromatic nitrogens is 3. The van der Waals surface area contributed by atoms with E-state index in [0.717, 1.165) is 11.1 Å². The number of aliphatic hydroxyl groups is 1. The van der Waals surface area contributed by atoms with Gasteiger partial charge in [-0.15, -0.1) is 0 Å². The van der Waals surface area contributed by atoms with E-state index in [2.05, 4.69) is 35.8 Å². The normalized spacial score (nSPS) is 22.7. The van der Waals surface area contributed by atoms with Gasteiger partial charge in [-0.25, -0.2) is 13.9 Å². The number of nitrogens with zero attached hydrogens (tertiary/aromatic N) is 5. The average molecular weight is 592 g/mol. The lowest BCUT2D eigenvalue weighted by Gasteiger charge is -2.49. The Kier molecular flexibility index (Phi) is 8.29. The molecule has 3 aromatic rings. The number of piperazine rings is 1. The standard InChI is InChI=1S/C17H16FN3O.C13H21F3N2O2/c1-17(2,3)14-8-15(11-4-6-12(18)7-5-11)20-21-9-13(10-22)19-16(14)21;1-11(2)8-18(5-4-17(11)3)10(19)9-6-12(20,7-9)13(14,15)16/h4-10H,1-3H3;9,20H,4-8H2,1-3H3. The molecule has 0 radical (unpaired) electrons. The number of hydrogen-bond donors (Lipinski definition) is 1. The summed E-state index contributed by atoms with van der Waals surface area (Å²) in [5.74, 6) is -1.26. The molecule has 0 atom stereocenters. The zero-order valence-electron chi connectivity index (χ0n) is 24.7.